The van der Waals surface area contributed by atoms with Gasteiger partial charge in [0.05, 0.1) is 4.88 Å². The van der Waals surface area contributed by atoms with E-state index in [1.807, 2.05) is 6.07 Å². The summed E-state index contributed by atoms with van der Waals surface area (Å²) >= 11 is 1.17. The first-order chi connectivity index (χ1) is 10.3. The number of ether oxygens (including phenoxy) is 1. The van der Waals surface area contributed by atoms with Crippen LogP contribution in [0.5, 0.6) is 0 Å². The summed E-state index contributed by atoms with van der Waals surface area (Å²) in [5.41, 5.74) is 6.90. The van der Waals surface area contributed by atoms with E-state index in [-0.39, 0.29) is 5.82 Å². The molecule has 1 amide bonds. The summed E-state index contributed by atoms with van der Waals surface area (Å²) in [4.78, 5) is 12.4. The van der Waals surface area contributed by atoms with E-state index in [1.165, 1.54) is 11.5 Å². The molecule has 7 heteroatoms. The van der Waals surface area contributed by atoms with Gasteiger partial charge >= 0.3 is 6.09 Å². The fraction of sp³-hybridized carbons (Fsp3) is 0.267. The van der Waals surface area contributed by atoms with Crippen LogP contribution in [0.4, 0.5) is 16.3 Å². The minimum atomic E-state index is -0.550. The van der Waals surface area contributed by atoms with E-state index < -0.39 is 11.7 Å². The van der Waals surface area contributed by atoms with E-state index in [4.69, 9.17) is 15.7 Å². The molecule has 0 fully saturated rings. The molecule has 0 radical (unpaired) electrons. The topological polar surface area (TPSA) is 101 Å². The van der Waals surface area contributed by atoms with Crippen molar-refractivity contribution in [2.24, 2.45) is 0 Å². The quantitative estimate of drug-likeness (QED) is 0.881. The Morgan fingerprint density at radius 2 is 2.00 bits per heavy atom. The third kappa shape index (κ3) is 3.74. The smallest absolute Gasteiger partial charge is 0.412 e. The lowest BCUT2D eigenvalue weighted by Gasteiger charge is -2.19. The molecule has 0 aliphatic carbocycles. The van der Waals surface area contributed by atoms with Gasteiger partial charge in [-0.2, -0.15) is 9.64 Å². The second-order valence-electron chi connectivity index (χ2n) is 5.59. The number of nitrogens with zero attached hydrogens (tertiary/aromatic N) is 2. The molecule has 1 aromatic carbocycles. The van der Waals surface area contributed by atoms with Crippen LogP contribution in [0.3, 0.4) is 0 Å². The van der Waals surface area contributed by atoms with Gasteiger partial charge in [0.2, 0.25) is 0 Å². The second-order valence-corrected chi connectivity index (χ2v) is 6.36. The molecule has 0 aliphatic rings. The second kappa shape index (κ2) is 6.03. The summed E-state index contributed by atoms with van der Waals surface area (Å²) in [7, 11) is 0. The van der Waals surface area contributed by atoms with Crippen LogP contribution in [-0.2, 0) is 4.74 Å². The maximum absolute atomic E-state index is 11.7. The molecule has 114 valence electrons. The van der Waals surface area contributed by atoms with Gasteiger partial charge in [-0.05, 0) is 50.0 Å². The van der Waals surface area contributed by atoms with Crippen molar-refractivity contribution < 1.29 is 9.53 Å². The third-order valence-electron chi connectivity index (χ3n) is 2.62. The zero-order valence-corrected chi connectivity index (χ0v) is 13.3. The lowest BCUT2D eigenvalue weighted by atomic mass is 10.1. The molecule has 0 saturated heterocycles. The van der Waals surface area contributed by atoms with Crippen LogP contribution in [-0.4, -0.2) is 16.1 Å². The zero-order chi connectivity index (χ0) is 16.3. The van der Waals surface area contributed by atoms with Crippen molar-refractivity contribution in [3.63, 3.8) is 0 Å². The number of carbonyl (C=O) groups excluding carboxylic acids is 1. The number of hydrogen-bond donors (Lipinski definition) is 2. The Bertz CT molecular complexity index is 723. The first-order valence-electron chi connectivity index (χ1n) is 6.56. The standard InChI is InChI=1S/C15H16N4O2S/c1-15(2,3)21-14(20)18-10-6-4-9(5-7-10)12-11(8-16)13(17)19-22-12/h4-7H,1-3H3,(H2,17,19)(H,18,20). The number of amides is 1. The Morgan fingerprint density at radius 1 is 1.36 bits per heavy atom. The molecule has 0 atom stereocenters. The fourth-order valence-corrected chi connectivity index (χ4v) is 2.50. The molecule has 1 heterocycles. The molecule has 0 saturated carbocycles. The molecule has 6 nitrogen and oxygen atoms in total. The first kappa shape index (κ1) is 15.8. The van der Waals surface area contributed by atoms with Gasteiger partial charge in [0.25, 0.3) is 0 Å². The SMILES string of the molecule is CC(C)(C)OC(=O)Nc1ccc(-c2snc(N)c2C#N)cc1. The van der Waals surface area contributed by atoms with Crippen LogP contribution in [0.1, 0.15) is 26.3 Å². The average molecular weight is 316 g/mol. The third-order valence-corrected chi connectivity index (χ3v) is 3.53. The summed E-state index contributed by atoms with van der Waals surface area (Å²) in [6, 6.07) is 9.10. The van der Waals surface area contributed by atoms with Crippen molar-refractivity contribution in [1.29, 1.82) is 5.26 Å². The molecular formula is C15H16N4O2S. The Morgan fingerprint density at radius 3 is 2.55 bits per heavy atom. The first-order valence-corrected chi connectivity index (χ1v) is 7.33. The predicted octanol–water partition coefficient (Wildman–Crippen LogP) is 3.61. The van der Waals surface area contributed by atoms with Crippen LogP contribution in [0.15, 0.2) is 24.3 Å². The van der Waals surface area contributed by atoms with Crippen molar-refractivity contribution in [1.82, 2.24) is 4.37 Å². The Hall–Kier alpha value is -2.59. The molecule has 0 unspecified atom stereocenters. The number of benzene rings is 1. The minimum Gasteiger partial charge on any atom is -0.444 e. The van der Waals surface area contributed by atoms with Gasteiger partial charge in [0.15, 0.2) is 5.82 Å². The maximum atomic E-state index is 11.7. The van der Waals surface area contributed by atoms with Crippen molar-refractivity contribution in [3.8, 4) is 16.5 Å². The lowest BCUT2D eigenvalue weighted by Crippen LogP contribution is -2.27. The molecular weight excluding hydrogens is 300 g/mol. The molecule has 3 N–H and O–H groups in total. The van der Waals surface area contributed by atoms with Crippen LogP contribution in [0.2, 0.25) is 0 Å². The van der Waals surface area contributed by atoms with Crippen molar-refractivity contribution in [3.05, 3.63) is 29.8 Å². The van der Waals surface area contributed by atoms with E-state index in [0.29, 0.717) is 16.1 Å². The largest absolute Gasteiger partial charge is 0.444 e. The molecule has 2 rings (SSSR count). The Balaban J connectivity index is 2.14. The lowest BCUT2D eigenvalue weighted by molar-refractivity contribution is 0.0636. The normalized spacial score (nSPS) is 10.8. The van der Waals surface area contributed by atoms with Crippen LogP contribution < -0.4 is 11.1 Å². The van der Waals surface area contributed by atoms with E-state index in [1.54, 1.807) is 45.0 Å². The number of anilines is 2. The monoisotopic (exact) mass is 316 g/mol. The van der Waals surface area contributed by atoms with Crippen LogP contribution >= 0.6 is 11.5 Å². The van der Waals surface area contributed by atoms with E-state index in [9.17, 15) is 4.79 Å². The van der Waals surface area contributed by atoms with Gasteiger partial charge in [0, 0.05) is 5.69 Å². The molecule has 1 aromatic heterocycles. The van der Waals surface area contributed by atoms with Gasteiger partial charge in [0.1, 0.15) is 17.2 Å². The number of nitriles is 1. The number of nitrogens with two attached hydrogens (primary N) is 1. The number of aromatic nitrogens is 1. The summed E-state index contributed by atoms with van der Waals surface area (Å²) in [5, 5.41) is 11.7. The Labute approximate surface area is 132 Å². The number of nitrogens with one attached hydrogen (secondary N) is 1. The van der Waals surface area contributed by atoms with Crippen LogP contribution in [0.25, 0.3) is 10.4 Å². The highest BCUT2D eigenvalue weighted by molar-refractivity contribution is 7.10. The maximum Gasteiger partial charge on any atom is 0.412 e. The van der Waals surface area contributed by atoms with E-state index in [2.05, 4.69) is 9.69 Å². The summed E-state index contributed by atoms with van der Waals surface area (Å²) in [6.45, 7) is 5.40. The highest BCUT2D eigenvalue weighted by Crippen LogP contribution is 2.31. The molecule has 22 heavy (non-hydrogen) atoms. The van der Waals surface area contributed by atoms with E-state index in [0.717, 1.165) is 5.56 Å². The fourth-order valence-electron chi connectivity index (χ4n) is 1.73. The highest BCUT2D eigenvalue weighted by Gasteiger charge is 2.16. The molecule has 2 aromatic rings. The number of hydrogen-bond acceptors (Lipinski definition) is 6. The van der Waals surface area contributed by atoms with E-state index >= 15 is 0 Å². The summed E-state index contributed by atoms with van der Waals surface area (Å²) in [5.74, 6) is 0.235. The minimum absolute atomic E-state index is 0.235. The van der Waals surface area contributed by atoms with Gasteiger partial charge < -0.3 is 10.5 Å². The van der Waals surface area contributed by atoms with Gasteiger partial charge in [-0.25, -0.2) is 4.79 Å². The van der Waals surface area contributed by atoms with Crippen molar-refractivity contribution in [2.45, 2.75) is 26.4 Å². The summed E-state index contributed by atoms with van der Waals surface area (Å²) in [6.07, 6.45) is -0.514. The average Bonchev–Trinajstić information content (AvgIpc) is 2.78. The summed E-state index contributed by atoms with van der Waals surface area (Å²) < 4.78 is 9.16. The van der Waals surface area contributed by atoms with Crippen molar-refractivity contribution in [2.75, 3.05) is 11.1 Å². The Kier molecular flexibility index (Phi) is 4.33. The zero-order valence-electron chi connectivity index (χ0n) is 12.5. The molecule has 0 spiro atoms. The number of nitrogen functional groups attached to an aromatic ring is 1. The van der Waals surface area contributed by atoms with Crippen LogP contribution in [0, 0.1) is 11.3 Å². The molecule has 0 bridgehead atoms. The highest BCUT2D eigenvalue weighted by atomic mass is 32.1. The van der Waals surface area contributed by atoms with Gasteiger partial charge in [-0.1, -0.05) is 12.1 Å². The number of carbonyl (C=O) groups is 1. The predicted molar refractivity (Wildman–Crippen MR) is 86.5 cm³/mol. The van der Waals surface area contributed by atoms with Gasteiger partial charge in [-0.15, -0.1) is 0 Å². The van der Waals surface area contributed by atoms with Crippen molar-refractivity contribution >= 4 is 29.1 Å². The number of rotatable bonds is 2. The van der Waals surface area contributed by atoms with Gasteiger partial charge in [-0.3, -0.25) is 5.32 Å². The molecule has 0 aliphatic heterocycles.